The van der Waals surface area contributed by atoms with Crippen LogP contribution in [0, 0.1) is 0 Å². The predicted octanol–water partition coefficient (Wildman–Crippen LogP) is 4.93. The summed E-state index contributed by atoms with van der Waals surface area (Å²) in [6, 6.07) is 15.4. The third kappa shape index (κ3) is 5.23. The number of sulfone groups is 1. The van der Waals surface area contributed by atoms with Crippen LogP contribution in [0.1, 0.15) is 32.3 Å². The van der Waals surface area contributed by atoms with Crippen LogP contribution in [0.4, 0.5) is 5.82 Å². The van der Waals surface area contributed by atoms with Crippen molar-refractivity contribution in [3.8, 4) is 0 Å². The SMILES string of the molecule is CCC(=O)N(C(=O)CC)c1c(S(=O)(=O)c2ccccc2)c(SC)nn1Cc1ccc(Br)cc1. The van der Waals surface area contributed by atoms with E-state index in [4.69, 9.17) is 0 Å². The quantitative estimate of drug-likeness (QED) is 0.370. The number of aromatic nitrogens is 2. The van der Waals surface area contributed by atoms with Crippen molar-refractivity contribution in [3.05, 3.63) is 64.6 Å². The summed E-state index contributed by atoms with van der Waals surface area (Å²) in [5.74, 6) is -1.00. The molecule has 0 bridgehead atoms. The lowest BCUT2D eigenvalue weighted by atomic mass is 10.2. The van der Waals surface area contributed by atoms with Crippen molar-refractivity contribution in [3.63, 3.8) is 0 Å². The first-order valence-electron chi connectivity index (χ1n) is 10.3. The van der Waals surface area contributed by atoms with Gasteiger partial charge in [-0.1, -0.05) is 60.1 Å². The molecule has 0 saturated heterocycles. The first-order valence-corrected chi connectivity index (χ1v) is 13.8. The Morgan fingerprint density at radius 1 is 1.00 bits per heavy atom. The van der Waals surface area contributed by atoms with Crippen molar-refractivity contribution in [2.75, 3.05) is 11.2 Å². The van der Waals surface area contributed by atoms with Gasteiger partial charge in [-0.05, 0) is 36.1 Å². The minimum absolute atomic E-state index is 0.0233. The largest absolute Gasteiger partial charge is 0.274 e. The highest BCUT2D eigenvalue weighted by Gasteiger charge is 2.37. The number of halogens is 1. The molecular formula is C23H24BrN3O4S2. The van der Waals surface area contributed by atoms with Gasteiger partial charge in [0.2, 0.25) is 21.7 Å². The Morgan fingerprint density at radius 3 is 2.09 bits per heavy atom. The van der Waals surface area contributed by atoms with Crippen LogP contribution in [-0.4, -0.2) is 36.3 Å². The van der Waals surface area contributed by atoms with E-state index in [-0.39, 0.29) is 40.0 Å². The van der Waals surface area contributed by atoms with E-state index in [9.17, 15) is 18.0 Å². The fourth-order valence-electron chi connectivity index (χ4n) is 3.28. The Balaban J connectivity index is 2.33. The Kier molecular flexibility index (Phi) is 8.14. The van der Waals surface area contributed by atoms with E-state index >= 15 is 0 Å². The molecule has 174 valence electrons. The van der Waals surface area contributed by atoms with E-state index in [1.165, 1.54) is 16.8 Å². The summed E-state index contributed by atoms with van der Waals surface area (Å²) < 4.78 is 29.8. The highest BCUT2D eigenvalue weighted by Crippen LogP contribution is 2.38. The van der Waals surface area contributed by atoms with Gasteiger partial charge >= 0.3 is 0 Å². The number of rotatable bonds is 8. The summed E-state index contributed by atoms with van der Waals surface area (Å²) in [6.07, 6.45) is 1.79. The molecule has 0 aliphatic rings. The molecule has 0 radical (unpaired) electrons. The van der Waals surface area contributed by atoms with E-state index in [0.717, 1.165) is 26.7 Å². The van der Waals surface area contributed by atoms with Gasteiger partial charge in [-0.25, -0.2) is 18.0 Å². The lowest BCUT2D eigenvalue weighted by molar-refractivity contribution is -0.126. The van der Waals surface area contributed by atoms with Crippen LogP contribution in [0.25, 0.3) is 0 Å². The minimum atomic E-state index is -4.08. The summed E-state index contributed by atoms with van der Waals surface area (Å²) >= 11 is 4.55. The second-order valence-electron chi connectivity index (χ2n) is 7.09. The number of thioether (sulfide) groups is 1. The standard InChI is InChI=1S/C23H24BrN3O4S2/c1-4-19(28)27(20(29)5-2)23-21(33(30,31)18-9-7-6-8-10-18)22(32-3)25-26(23)15-16-11-13-17(24)14-12-16/h6-14H,4-5,15H2,1-3H3. The third-order valence-electron chi connectivity index (χ3n) is 4.93. The topological polar surface area (TPSA) is 89.3 Å². The lowest BCUT2D eigenvalue weighted by Crippen LogP contribution is -2.38. The van der Waals surface area contributed by atoms with Crippen molar-refractivity contribution in [2.24, 2.45) is 0 Å². The summed E-state index contributed by atoms with van der Waals surface area (Å²) in [4.78, 5) is 26.8. The third-order valence-corrected chi connectivity index (χ3v) is 8.07. The molecule has 1 aromatic heterocycles. The molecule has 7 nitrogen and oxygen atoms in total. The summed E-state index contributed by atoms with van der Waals surface area (Å²) in [5.41, 5.74) is 0.839. The summed E-state index contributed by atoms with van der Waals surface area (Å²) in [5, 5.41) is 4.76. The number of hydrogen-bond acceptors (Lipinski definition) is 6. The first-order chi connectivity index (χ1) is 15.7. The Labute approximate surface area is 206 Å². The lowest BCUT2D eigenvalue weighted by Gasteiger charge is -2.22. The number of hydrogen-bond donors (Lipinski definition) is 0. The van der Waals surface area contributed by atoms with E-state index in [2.05, 4.69) is 21.0 Å². The zero-order valence-electron chi connectivity index (χ0n) is 18.5. The van der Waals surface area contributed by atoms with E-state index in [1.807, 2.05) is 24.3 Å². The predicted molar refractivity (Wildman–Crippen MR) is 132 cm³/mol. The number of benzene rings is 2. The van der Waals surface area contributed by atoms with Gasteiger partial charge in [0.15, 0.2) is 5.82 Å². The highest BCUT2D eigenvalue weighted by atomic mass is 79.9. The number of anilines is 1. The zero-order chi connectivity index (χ0) is 24.2. The average Bonchev–Trinajstić information content (AvgIpc) is 3.19. The maximum Gasteiger partial charge on any atom is 0.234 e. The molecule has 0 N–H and O–H groups in total. The second kappa shape index (κ2) is 10.7. The van der Waals surface area contributed by atoms with Gasteiger partial charge in [0.25, 0.3) is 0 Å². The molecule has 3 aromatic rings. The van der Waals surface area contributed by atoms with Gasteiger partial charge in [-0.2, -0.15) is 5.10 Å². The van der Waals surface area contributed by atoms with E-state index in [1.54, 1.807) is 38.3 Å². The monoisotopic (exact) mass is 549 g/mol. The first kappa shape index (κ1) is 25.2. The number of carbonyl (C=O) groups is 2. The van der Waals surface area contributed by atoms with Gasteiger partial charge in [-0.15, -0.1) is 11.8 Å². The molecule has 0 unspecified atom stereocenters. The second-order valence-corrected chi connectivity index (χ2v) is 10.7. The molecule has 0 aliphatic heterocycles. The van der Waals surface area contributed by atoms with Crippen molar-refractivity contribution in [1.29, 1.82) is 0 Å². The Morgan fingerprint density at radius 2 is 1.58 bits per heavy atom. The highest BCUT2D eigenvalue weighted by molar-refractivity contribution is 9.10. The molecule has 0 saturated carbocycles. The fraction of sp³-hybridized carbons (Fsp3) is 0.261. The maximum absolute atomic E-state index is 13.7. The molecule has 0 fully saturated rings. The van der Waals surface area contributed by atoms with Crippen LogP contribution in [0.2, 0.25) is 0 Å². The van der Waals surface area contributed by atoms with Gasteiger partial charge in [0.1, 0.15) is 9.92 Å². The molecule has 0 atom stereocenters. The summed E-state index contributed by atoms with van der Waals surface area (Å²) in [6.45, 7) is 3.45. The number of nitrogens with zero attached hydrogens (tertiary/aromatic N) is 3. The summed E-state index contributed by atoms with van der Waals surface area (Å²) in [7, 11) is -4.08. The van der Waals surface area contributed by atoms with Crippen LogP contribution < -0.4 is 4.90 Å². The normalized spacial score (nSPS) is 11.4. The maximum atomic E-state index is 13.7. The smallest absolute Gasteiger partial charge is 0.234 e. The Hall–Kier alpha value is -2.43. The Bertz CT molecular complexity index is 1240. The van der Waals surface area contributed by atoms with Gasteiger partial charge in [0.05, 0.1) is 11.4 Å². The molecular weight excluding hydrogens is 526 g/mol. The van der Waals surface area contributed by atoms with Crippen LogP contribution in [0.15, 0.2) is 73.9 Å². The number of carbonyl (C=O) groups excluding carboxylic acids is 2. The average molecular weight is 551 g/mol. The molecule has 10 heteroatoms. The van der Waals surface area contributed by atoms with Crippen LogP contribution in [-0.2, 0) is 26.0 Å². The molecule has 2 amide bonds. The molecule has 0 spiro atoms. The van der Waals surface area contributed by atoms with Gasteiger partial charge < -0.3 is 0 Å². The van der Waals surface area contributed by atoms with Crippen LogP contribution in [0.5, 0.6) is 0 Å². The van der Waals surface area contributed by atoms with E-state index in [0.29, 0.717) is 0 Å². The van der Waals surface area contributed by atoms with Crippen LogP contribution in [0.3, 0.4) is 0 Å². The molecule has 0 aliphatic carbocycles. The minimum Gasteiger partial charge on any atom is -0.274 e. The fourth-order valence-corrected chi connectivity index (χ4v) is 6.04. The molecule has 33 heavy (non-hydrogen) atoms. The van der Waals surface area contributed by atoms with Crippen molar-refractivity contribution in [2.45, 2.75) is 48.1 Å². The molecule has 2 aromatic carbocycles. The number of imide groups is 1. The number of amides is 2. The van der Waals surface area contributed by atoms with Gasteiger partial charge in [-0.3, -0.25) is 9.59 Å². The zero-order valence-corrected chi connectivity index (χ0v) is 21.7. The molecule has 3 rings (SSSR count). The van der Waals surface area contributed by atoms with Crippen molar-refractivity contribution in [1.82, 2.24) is 9.78 Å². The van der Waals surface area contributed by atoms with Crippen LogP contribution >= 0.6 is 27.7 Å². The van der Waals surface area contributed by atoms with Crippen molar-refractivity contribution >= 4 is 55.2 Å². The van der Waals surface area contributed by atoms with Crippen molar-refractivity contribution < 1.29 is 18.0 Å². The van der Waals surface area contributed by atoms with E-state index < -0.39 is 21.7 Å². The van der Waals surface area contributed by atoms with Gasteiger partial charge in [0, 0.05) is 17.3 Å². The molecule has 1 heterocycles.